The summed E-state index contributed by atoms with van der Waals surface area (Å²) >= 11 is 0. The van der Waals surface area contributed by atoms with Crippen molar-refractivity contribution in [2.75, 3.05) is 20.3 Å². The van der Waals surface area contributed by atoms with Crippen LogP contribution in [0, 0.1) is 12.8 Å². The summed E-state index contributed by atoms with van der Waals surface area (Å²) < 4.78 is 14.5. The highest BCUT2D eigenvalue weighted by atomic mass is 16.5. The number of nitrogens with zero attached hydrogens (tertiary/aromatic N) is 3. The van der Waals surface area contributed by atoms with Gasteiger partial charge in [0.15, 0.2) is 0 Å². The number of nitrogens with one attached hydrogen (secondary N) is 1. The lowest BCUT2D eigenvalue weighted by Gasteiger charge is -2.21. The van der Waals surface area contributed by atoms with Gasteiger partial charge < -0.3 is 23.7 Å². The number of methoxy groups -OCH3 is 1. The molecular formula is C27H38N4O5. The highest BCUT2D eigenvalue weighted by Gasteiger charge is 2.25. The van der Waals surface area contributed by atoms with E-state index < -0.39 is 18.1 Å². The molecule has 0 saturated heterocycles. The van der Waals surface area contributed by atoms with Crippen molar-refractivity contribution in [3.05, 3.63) is 51.9 Å². The number of aryl methyl sites for hydroxylation is 2. The van der Waals surface area contributed by atoms with Gasteiger partial charge in [-0.25, -0.2) is 4.98 Å². The summed E-state index contributed by atoms with van der Waals surface area (Å²) in [5.41, 5.74) is 4.10. The Labute approximate surface area is 212 Å². The third kappa shape index (κ3) is 6.21. The highest BCUT2D eigenvalue weighted by molar-refractivity contribution is 5.82. The van der Waals surface area contributed by atoms with E-state index in [0.717, 1.165) is 28.0 Å². The SMILES string of the molecule is COCC(C)n1c(-c2cc(C)c(=O)n(C)c2)nc2ccc(CN[C@H](C(=O)OCC(C)C)[C@@H](C)O)cc21. The normalized spacial score (nSPS) is 14.2. The van der Waals surface area contributed by atoms with Crippen molar-refractivity contribution >= 4 is 17.0 Å². The molecule has 0 aliphatic carbocycles. The fraction of sp³-hybridized carbons (Fsp3) is 0.519. The van der Waals surface area contributed by atoms with E-state index in [0.29, 0.717) is 25.3 Å². The van der Waals surface area contributed by atoms with Gasteiger partial charge in [0, 0.05) is 38.0 Å². The van der Waals surface area contributed by atoms with Gasteiger partial charge in [0.2, 0.25) is 0 Å². The number of aliphatic hydroxyl groups excluding tert-OH is 1. The first kappa shape index (κ1) is 27.6. The lowest BCUT2D eigenvalue weighted by Crippen LogP contribution is -2.45. The van der Waals surface area contributed by atoms with Crippen LogP contribution < -0.4 is 10.9 Å². The number of benzene rings is 1. The number of carbonyl (C=O) groups is 1. The Balaban J connectivity index is 1.97. The molecule has 0 bridgehead atoms. The molecule has 3 atom stereocenters. The first-order valence-corrected chi connectivity index (χ1v) is 12.3. The van der Waals surface area contributed by atoms with Crippen molar-refractivity contribution < 1.29 is 19.4 Å². The predicted molar refractivity (Wildman–Crippen MR) is 140 cm³/mol. The molecule has 0 aliphatic rings. The van der Waals surface area contributed by atoms with E-state index in [9.17, 15) is 14.7 Å². The summed E-state index contributed by atoms with van der Waals surface area (Å²) in [7, 11) is 3.40. The van der Waals surface area contributed by atoms with Crippen molar-refractivity contribution in [3.63, 3.8) is 0 Å². The largest absolute Gasteiger partial charge is 0.464 e. The molecule has 9 nitrogen and oxygen atoms in total. The number of rotatable bonds is 11. The first-order chi connectivity index (χ1) is 17.0. The zero-order valence-electron chi connectivity index (χ0n) is 22.2. The lowest BCUT2D eigenvalue weighted by atomic mass is 10.1. The molecular weight excluding hydrogens is 460 g/mol. The van der Waals surface area contributed by atoms with E-state index in [2.05, 4.69) is 16.8 Å². The predicted octanol–water partition coefficient (Wildman–Crippen LogP) is 2.96. The van der Waals surface area contributed by atoms with Crippen LogP contribution in [0.3, 0.4) is 0 Å². The maximum Gasteiger partial charge on any atom is 0.325 e. The second-order valence-electron chi connectivity index (χ2n) is 9.88. The zero-order chi connectivity index (χ0) is 26.6. The number of aromatic nitrogens is 3. The molecule has 1 aromatic carbocycles. The lowest BCUT2D eigenvalue weighted by molar-refractivity contribution is -0.150. The van der Waals surface area contributed by atoms with Gasteiger partial charge in [-0.1, -0.05) is 19.9 Å². The Hall–Kier alpha value is -3.01. The summed E-state index contributed by atoms with van der Waals surface area (Å²) in [5, 5.41) is 13.3. The number of aliphatic hydroxyl groups is 1. The average Bonchev–Trinajstić information content (AvgIpc) is 3.20. The summed E-state index contributed by atoms with van der Waals surface area (Å²) in [6.45, 7) is 10.5. The minimum atomic E-state index is -0.903. The number of ether oxygens (including phenoxy) is 2. The highest BCUT2D eigenvalue weighted by Crippen LogP contribution is 2.29. The van der Waals surface area contributed by atoms with E-state index in [1.165, 1.54) is 0 Å². The van der Waals surface area contributed by atoms with Crippen molar-refractivity contribution in [2.45, 2.75) is 59.4 Å². The number of fused-ring (bicyclic) bond motifs is 1. The van der Waals surface area contributed by atoms with Crippen LogP contribution in [0.15, 0.2) is 35.3 Å². The fourth-order valence-corrected chi connectivity index (χ4v) is 4.23. The van der Waals surface area contributed by atoms with Gasteiger partial charge >= 0.3 is 5.97 Å². The fourth-order valence-electron chi connectivity index (χ4n) is 4.23. The summed E-state index contributed by atoms with van der Waals surface area (Å²) in [6, 6.07) is 6.92. The summed E-state index contributed by atoms with van der Waals surface area (Å²) in [4.78, 5) is 29.6. The topological polar surface area (TPSA) is 108 Å². The van der Waals surface area contributed by atoms with Gasteiger partial charge in [0.05, 0.1) is 36.4 Å². The van der Waals surface area contributed by atoms with Gasteiger partial charge in [0.1, 0.15) is 11.9 Å². The Morgan fingerprint density at radius 2 is 1.89 bits per heavy atom. The Morgan fingerprint density at radius 1 is 1.17 bits per heavy atom. The van der Waals surface area contributed by atoms with Crippen molar-refractivity contribution in [1.29, 1.82) is 0 Å². The number of imidazole rings is 1. The zero-order valence-corrected chi connectivity index (χ0v) is 22.2. The Morgan fingerprint density at radius 3 is 2.50 bits per heavy atom. The van der Waals surface area contributed by atoms with Gasteiger partial charge in [-0.3, -0.25) is 14.9 Å². The van der Waals surface area contributed by atoms with Gasteiger partial charge in [-0.05, 0) is 50.5 Å². The van der Waals surface area contributed by atoms with Gasteiger partial charge in [-0.15, -0.1) is 0 Å². The van der Waals surface area contributed by atoms with Crippen LogP contribution in [-0.4, -0.2) is 57.7 Å². The molecule has 2 N–H and O–H groups in total. The van der Waals surface area contributed by atoms with E-state index in [1.807, 2.05) is 38.1 Å². The minimum absolute atomic E-state index is 0.0213. The molecule has 0 amide bonds. The molecule has 2 heterocycles. The summed E-state index contributed by atoms with van der Waals surface area (Å²) in [5.74, 6) is 0.494. The number of esters is 1. The van der Waals surface area contributed by atoms with Crippen LogP contribution in [0.5, 0.6) is 0 Å². The smallest absolute Gasteiger partial charge is 0.325 e. The van der Waals surface area contributed by atoms with E-state index in [1.54, 1.807) is 38.8 Å². The van der Waals surface area contributed by atoms with E-state index >= 15 is 0 Å². The number of carbonyl (C=O) groups excluding carboxylic acids is 1. The van der Waals surface area contributed by atoms with Crippen LogP contribution in [0.1, 0.15) is 44.9 Å². The maximum absolute atomic E-state index is 12.5. The minimum Gasteiger partial charge on any atom is -0.464 e. The molecule has 0 saturated carbocycles. The molecule has 0 radical (unpaired) electrons. The molecule has 36 heavy (non-hydrogen) atoms. The molecule has 9 heteroatoms. The van der Waals surface area contributed by atoms with E-state index in [-0.39, 0.29) is 17.5 Å². The standard InChI is InChI=1S/C27H38N4O5/c1-16(2)14-36-27(34)24(19(5)32)28-12-20-8-9-22-23(11-20)31(18(4)15-35-7)25(29-22)21-10-17(3)26(33)30(6)13-21/h8-11,13,16,18-19,24,28,32H,12,14-15H2,1-7H3/t18?,19-,24+/m1/s1. The van der Waals surface area contributed by atoms with Crippen LogP contribution >= 0.6 is 0 Å². The van der Waals surface area contributed by atoms with Gasteiger partial charge in [0.25, 0.3) is 5.56 Å². The van der Waals surface area contributed by atoms with E-state index in [4.69, 9.17) is 14.5 Å². The van der Waals surface area contributed by atoms with Crippen molar-refractivity contribution in [2.24, 2.45) is 13.0 Å². The molecule has 196 valence electrons. The molecule has 3 aromatic rings. The molecule has 2 aromatic heterocycles. The Bertz CT molecular complexity index is 1230. The van der Waals surface area contributed by atoms with Crippen molar-refractivity contribution in [3.8, 4) is 11.4 Å². The van der Waals surface area contributed by atoms with Crippen molar-refractivity contribution in [1.82, 2.24) is 19.4 Å². The quantitative estimate of drug-likeness (QED) is 0.391. The molecule has 0 aliphatic heterocycles. The second kappa shape index (κ2) is 11.8. The average molecular weight is 499 g/mol. The third-order valence-electron chi connectivity index (χ3n) is 6.04. The van der Waals surface area contributed by atoms with Gasteiger partial charge in [-0.2, -0.15) is 0 Å². The Kier molecular flexibility index (Phi) is 9.05. The number of hydrogen-bond acceptors (Lipinski definition) is 7. The molecule has 3 rings (SSSR count). The number of pyridine rings is 1. The van der Waals surface area contributed by atoms with Crippen LogP contribution in [0.25, 0.3) is 22.4 Å². The maximum atomic E-state index is 12.5. The number of hydrogen-bond donors (Lipinski definition) is 2. The van der Waals surface area contributed by atoms with Crippen LogP contribution in [0.2, 0.25) is 0 Å². The molecule has 1 unspecified atom stereocenters. The monoisotopic (exact) mass is 498 g/mol. The van der Waals surface area contributed by atoms with Crippen LogP contribution in [0.4, 0.5) is 0 Å². The first-order valence-electron chi connectivity index (χ1n) is 12.3. The molecule has 0 fully saturated rings. The second-order valence-corrected chi connectivity index (χ2v) is 9.88. The summed E-state index contributed by atoms with van der Waals surface area (Å²) in [6.07, 6.45) is 0.894. The third-order valence-corrected chi connectivity index (χ3v) is 6.04. The van der Waals surface area contributed by atoms with Crippen LogP contribution in [-0.2, 0) is 27.9 Å². The molecule has 0 spiro atoms.